The molecule has 1 aliphatic heterocycles. The van der Waals surface area contributed by atoms with Gasteiger partial charge in [0.1, 0.15) is 5.82 Å². The Kier molecular flexibility index (Phi) is 2.79. The van der Waals surface area contributed by atoms with Crippen molar-refractivity contribution < 1.29 is 4.79 Å². The molecule has 3 rings (SSSR count). The van der Waals surface area contributed by atoms with Gasteiger partial charge in [-0.15, -0.1) is 0 Å². The van der Waals surface area contributed by atoms with Crippen molar-refractivity contribution in [2.45, 2.75) is 6.54 Å². The van der Waals surface area contributed by atoms with Crippen molar-refractivity contribution in [3.05, 3.63) is 48.2 Å². The fourth-order valence-corrected chi connectivity index (χ4v) is 2.06. The first-order chi connectivity index (χ1) is 9.24. The van der Waals surface area contributed by atoms with Gasteiger partial charge in [-0.3, -0.25) is 5.32 Å². The summed E-state index contributed by atoms with van der Waals surface area (Å²) in [6.07, 6.45) is 1.69. The van der Waals surface area contributed by atoms with Crippen LogP contribution in [0.1, 0.15) is 5.56 Å². The van der Waals surface area contributed by atoms with Crippen molar-refractivity contribution >= 4 is 23.2 Å². The third kappa shape index (κ3) is 2.22. The molecule has 2 aromatic rings. The van der Waals surface area contributed by atoms with Crippen LogP contribution in [-0.2, 0) is 6.54 Å². The highest BCUT2D eigenvalue weighted by Gasteiger charge is 2.22. The maximum atomic E-state index is 11.6. The van der Waals surface area contributed by atoms with Crippen molar-refractivity contribution in [2.75, 3.05) is 17.7 Å². The zero-order valence-electron chi connectivity index (χ0n) is 10.6. The average Bonchev–Trinajstić information content (AvgIpc) is 2.42. The van der Waals surface area contributed by atoms with Gasteiger partial charge in [-0.25, -0.2) is 9.78 Å². The van der Waals surface area contributed by atoms with Crippen molar-refractivity contribution in [2.24, 2.45) is 0 Å². The Morgan fingerprint density at radius 3 is 2.84 bits per heavy atom. The van der Waals surface area contributed by atoms with Gasteiger partial charge in [0.15, 0.2) is 0 Å². The molecule has 19 heavy (non-hydrogen) atoms. The normalized spacial score (nSPS) is 13.7. The quantitative estimate of drug-likeness (QED) is 0.866. The molecular formula is C14H14N4O. The van der Waals surface area contributed by atoms with E-state index in [1.54, 1.807) is 18.1 Å². The van der Waals surface area contributed by atoms with Gasteiger partial charge in [0.2, 0.25) is 0 Å². The van der Waals surface area contributed by atoms with E-state index in [0.29, 0.717) is 12.4 Å². The van der Waals surface area contributed by atoms with Gasteiger partial charge in [-0.1, -0.05) is 18.2 Å². The van der Waals surface area contributed by atoms with E-state index in [1.807, 2.05) is 36.4 Å². The number of amides is 2. The van der Waals surface area contributed by atoms with Gasteiger partial charge in [-0.2, -0.15) is 0 Å². The molecule has 0 bridgehead atoms. The molecule has 0 radical (unpaired) electrons. The molecule has 0 saturated heterocycles. The predicted octanol–water partition coefficient (Wildman–Crippen LogP) is 2.80. The van der Waals surface area contributed by atoms with E-state index in [2.05, 4.69) is 15.6 Å². The number of carbonyl (C=O) groups excluding carboxylic acids is 1. The number of pyridine rings is 1. The molecule has 96 valence electrons. The molecular weight excluding hydrogens is 240 g/mol. The Morgan fingerprint density at radius 2 is 2.05 bits per heavy atom. The second-order valence-electron chi connectivity index (χ2n) is 4.46. The maximum absolute atomic E-state index is 11.6. The minimum Gasteiger partial charge on any atom is -0.355 e. The highest BCUT2D eigenvalue weighted by molar-refractivity contribution is 5.92. The van der Waals surface area contributed by atoms with E-state index in [0.717, 1.165) is 16.9 Å². The Balaban J connectivity index is 1.95. The number of anilines is 3. The van der Waals surface area contributed by atoms with Crippen LogP contribution in [0.2, 0.25) is 0 Å². The van der Waals surface area contributed by atoms with Crippen LogP contribution in [0.4, 0.5) is 22.0 Å². The van der Waals surface area contributed by atoms with E-state index < -0.39 is 0 Å². The summed E-state index contributed by atoms with van der Waals surface area (Å²) >= 11 is 0. The van der Waals surface area contributed by atoms with Crippen LogP contribution in [0.3, 0.4) is 0 Å². The van der Waals surface area contributed by atoms with Crippen LogP contribution < -0.4 is 10.6 Å². The minimum absolute atomic E-state index is 0.128. The fourth-order valence-electron chi connectivity index (χ4n) is 2.06. The zero-order valence-corrected chi connectivity index (χ0v) is 10.6. The molecule has 5 nitrogen and oxygen atoms in total. The number of nitrogens with one attached hydrogen (secondary N) is 2. The average molecular weight is 254 g/mol. The van der Waals surface area contributed by atoms with Crippen LogP contribution >= 0.6 is 0 Å². The lowest BCUT2D eigenvalue weighted by Crippen LogP contribution is -2.36. The summed E-state index contributed by atoms with van der Waals surface area (Å²) in [5.74, 6) is 0.629. The first-order valence-corrected chi connectivity index (χ1v) is 6.06. The lowest BCUT2D eigenvalue weighted by molar-refractivity contribution is 0.218. The SMILES string of the molecule is CN1Cc2c(Nc3ccccc3)ccnc2NC1=O. The number of hydrogen-bond donors (Lipinski definition) is 2. The summed E-state index contributed by atoms with van der Waals surface area (Å²) < 4.78 is 0. The highest BCUT2D eigenvalue weighted by Crippen LogP contribution is 2.29. The molecule has 0 fully saturated rings. The zero-order chi connectivity index (χ0) is 13.2. The summed E-state index contributed by atoms with van der Waals surface area (Å²) in [5, 5.41) is 6.12. The summed E-state index contributed by atoms with van der Waals surface area (Å²) in [6.45, 7) is 0.546. The summed E-state index contributed by atoms with van der Waals surface area (Å²) in [6, 6.07) is 11.7. The highest BCUT2D eigenvalue weighted by atomic mass is 16.2. The lowest BCUT2D eigenvalue weighted by atomic mass is 10.1. The number of para-hydroxylation sites is 1. The van der Waals surface area contributed by atoms with E-state index in [4.69, 9.17) is 0 Å². The van der Waals surface area contributed by atoms with Crippen molar-refractivity contribution in [1.29, 1.82) is 0 Å². The monoisotopic (exact) mass is 254 g/mol. The number of urea groups is 1. The molecule has 0 atom stereocenters. The van der Waals surface area contributed by atoms with E-state index >= 15 is 0 Å². The standard InChI is InChI=1S/C14H14N4O/c1-18-9-11-12(16-10-5-3-2-4-6-10)7-8-15-13(11)17-14(18)19/h2-8H,9H2,1H3,(H2,15,16,17,19). The number of fused-ring (bicyclic) bond motifs is 1. The number of nitrogens with zero attached hydrogens (tertiary/aromatic N) is 2. The molecule has 2 heterocycles. The van der Waals surface area contributed by atoms with Crippen LogP contribution in [0.25, 0.3) is 0 Å². The third-order valence-electron chi connectivity index (χ3n) is 3.08. The summed E-state index contributed by atoms with van der Waals surface area (Å²) in [5.41, 5.74) is 2.96. The lowest BCUT2D eigenvalue weighted by Gasteiger charge is -2.27. The molecule has 0 spiro atoms. The van der Waals surface area contributed by atoms with Crippen LogP contribution in [-0.4, -0.2) is 23.0 Å². The van der Waals surface area contributed by atoms with Crippen molar-refractivity contribution in [3.8, 4) is 0 Å². The number of carbonyl (C=O) groups is 1. The summed E-state index contributed by atoms with van der Waals surface area (Å²) in [7, 11) is 1.76. The number of hydrogen-bond acceptors (Lipinski definition) is 3. The van der Waals surface area contributed by atoms with Gasteiger partial charge >= 0.3 is 6.03 Å². The van der Waals surface area contributed by atoms with Crippen molar-refractivity contribution in [3.63, 3.8) is 0 Å². The second-order valence-corrected chi connectivity index (χ2v) is 4.46. The van der Waals surface area contributed by atoms with Crippen LogP contribution in [0.15, 0.2) is 42.6 Å². The summed E-state index contributed by atoms with van der Waals surface area (Å²) in [4.78, 5) is 17.4. The molecule has 5 heteroatoms. The molecule has 1 aromatic heterocycles. The molecule has 2 amide bonds. The van der Waals surface area contributed by atoms with E-state index in [9.17, 15) is 4.79 Å². The molecule has 1 aliphatic rings. The molecule has 0 saturated carbocycles. The van der Waals surface area contributed by atoms with E-state index in [-0.39, 0.29) is 6.03 Å². The van der Waals surface area contributed by atoms with Crippen LogP contribution in [0.5, 0.6) is 0 Å². The van der Waals surface area contributed by atoms with Crippen LogP contribution in [0, 0.1) is 0 Å². The fraction of sp³-hybridized carbons (Fsp3) is 0.143. The van der Waals surface area contributed by atoms with Gasteiger partial charge in [0.05, 0.1) is 6.54 Å². The Labute approximate surface area is 111 Å². The predicted molar refractivity (Wildman–Crippen MR) is 74.4 cm³/mol. The number of rotatable bonds is 2. The van der Waals surface area contributed by atoms with Gasteiger partial charge in [0, 0.05) is 30.2 Å². The van der Waals surface area contributed by atoms with Crippen molar-refractivity contribution in [1.82, 2.24) is 9.88 Å². The number of aromatic nitrogens is 1. The van der Waals surface area contributed by atoms with Gasteiger partial charge in [-0.05, 0) is 18.2 Å². The first kappa shape index (κ1) is 11.5. The Morgan fingerprint density at radius 1 is 1.26 bits per heavy atom. The Bertz CT molecular complexity index is 612. The molecule has 1 aromatic carbocycles. The maximum Gasteiger partial charge on any atom is 0.323 e. The first-order valence-electron chi connectivity index (χ1n) is 6.06. The van der Waals surface area contributed by atoms with E-state index in [1.165, 1.54) is 0 Å². The third-order valence-corrected chi connectivity index (χ3v) is 3.08. The smallest absolute Gasteiger partial charge is 0.323 e. The largest absolute Gasteiger partial charge is 0.355 e. The topological polar surface area (TPSA) is 57.3 Å². The molecule has 2 N–H and O–H groups in total. The van der Waals surface area contributed by atoms with Gasteiger partial charge < -0.3 is 10.2 Å². The minimum atomic E-state index is -0.128. The van der Waals surface area contributed by atoms with Gasteiger partial charge in [0.25, 0.3) is 0 Å². The second kappa shape index (κ2) is 4.61. The number of benzene rings is 1. The molecule has 0 unspecified atom stereocenters. The Hall–Kier alpha value is -2.56. The molecule has 0 aliphatic carbocycles.